The minimum Gasteiger partial charge on any atom is -0.483 e. The van der Waals surface area contributed by atoms with E-state index < -0.39 is 0 Å². The summed E-state index contributed by atoms with van der Waals surface area (Å²) in [7, 11) is 0. The minimum absolute atomic E-state index is 0.113. The van der Waals surface area contributed by atoms with Crippen LogP contribution in [0.1, 0.15) is 42.6 Å². The Bertz CT molecular complexity index is 846. The number of Topliss-reactive ketones (excluding diaryl/α,β-unsaturated/α-hetero) is 1. The summed E-state index contributed by atoms with van der Waals surface area (Å²) >= 11 is 0. The standard InChI is InChI=1S/C21H24N2O4/c1-4-6-20(25)22-17-9-10-19(18(12-17)15(3)24)27-13-21(26)23-16-8-5-7-14(2)11-16/h5,7-12H,4,6,13H2,1-3H3,(H,22,25)(H,23,26). The molecule has 2 aromatic rings. The third kappa shape index (κ3) is 6.26. The maximum atomic E-state index is 12.1. The normalized spacial score (nSPS) is 10.2. The molecule has 0 radical (unpaired) electrons. The van der Waals surface area contributed by atoms with Crippen LogP contribution >= 0.6 is 0 Å². The molecule has 0 saturated heterocycles. The van der Waals surface area contributed by atoms with Crippen LogP contribution in [0.3, 0.4) is 0 Å². The van der Waals surface area contributed by atoms with Crippen LogP contribution in [0.4, 0.5) is 11.4 Å². The van der Waals surface area contributed by atoms with E-state index in [1.54, 1.807) is 24.3 Å². The second-order valence-corrected chi connectivity index (χ2v) is 6.27. The zero-order valence-electron chi connectivity index (χ0n) is 15.8. The van der Waals surface area contributed by atoms with Gasteiger partial charge in [-0.3, -0.25) is 14.4 Å². The fraction of sp³-hybridized carbons (Fsp3) is 0.286. The molecule has 6 heteroatoms. The van der Waals surface area contributed by atoms with E-state index in [-0.39, 0.29) is 24.2 Å². The van der Waals surface area contributed by atoms with Gasteiger partial charge in [-0.25, -0.2) is 0 Å². The summed E-state index contributed by atoms with van der Waals surface area (Å²) < 4.78 is 5.52. The molecule has 0 aromatic heterocycles. The van der Waals surface area contributed by atoms with Crippen molar-refractivity contribution in [3.05, 3.63) is 53.6 Å². The van der Waals surface area contributed by atoms with Gasteiger partial charge < -0.3 is 15.4 Å². The largest absolute Gasteiger partial charge is 0.483 e. The highest BCUT2D eigenvalue weighted by Crippen LogP contribution is 2.24. The number of hydrogen-bond acceptors (Lipinski definition) is 4. The van der Waals surface area contributed by atoms with E-state index in [4.69, 9.17) is 4.74 Å². The van der Waals surface area contributed by atoms with Gasteiger partial charge >= 0.3 is 0 Å². The van der Waals surface area contributed by atoms with Crippen molar-refractivity contribution in [2.75, 3.05) is 17.2 Å². The number of rotatable bonds is 8. The Balaban J connectivity index is 2.03. The number of ketones is 1. The zero-order valence-corrected chi connectivity index (χ0v) is 15.8. The van der Waals surface area contributed by atoms with Crippen LogP contribution in [-0.4, -0.2) is 24.2 Å². The molecule has 0 unspecified atom stereocenters. The van der Waals surface area contributed by atoms with E-state index in [2.05, 4.69) is 10.6 Å². The van der Waals surface area contributed by atoms with E-state index in [9.17, 15) is 14.4 Å². The predicted octanol–water partition coefficient (Wildman–Crippen LogP) is 3.95. The van der Waals surface area contributed by atoms with Crippen LogP contribution in [0.15, 0.2) is 42.5 Å². The number of hydrogen-bond donors (Lipinski definition) is 2. The maximum Gasteiger partial charge on any atom is 0.262 e. The molecule has 27 heavy (non-hydrogen) atoms. The van der Waals surface area contributed by atoms with Gasteiger partial charge in [-0.1, -0.05) is 19.1 Å². The van der Waals surface area contributed by atoms with Crippen molar-refractivity contribution in [1.82, 2.24) is 0 Å². The second kappa shape index (κ2) is 9.52. The van der Waals surface area contributed by atoms with Crippen molar-refractivity contribution in [2.45, 2.75) is 33.6 Å². The summed E-state index contributed by atoms with van der Waals surface area (Å²) in [5, 5.41) is 5.49. The summed E-state index contributed by atoms with van der Waals surface area (Å²) in [6.07, 6.45) is 1.15. The third-order valence-electron chi connectivity index (χ3n) is 3.78. The molecule has 0 aliphatic carbocycles. The second-order valence-electron chi connectivity index (χ2n) is 6.27. The minimum atomic E-state index is -0.324. The first-order valence-electron chi connectivity index (χ1n) is 8.83. The Morgan fingerprint density at radius 1 is 0.963 bits per heavy atom. The lowest BCUT2D eigenvalue weighted by atomic mass is 10.1. The van der Waals surface area contributed by atoms with Gasteiger partial charge in [0.25, 0.3) is 5.91 Å². The van der Waals surface area contributed by atoms with Gasteiger partial charge in [0.15, 0.2) is 12.4 Å². The summed E-state index contributed by atoms with van der Waals surface area (Å²) in [4.78, 5) is 35.7. The Morgan fingerprint density at radius 2 is 1.67 bits per heavy atom. The lowest BCUT2D eigenvalue weighted by Crippen LogP contribution is -2.21. The molecule has 0 atom stereocenters. The molecule has 0 aliphatic heterocycles. The van der Waals surface area contributed by atoms with Gasteiger partial charge in [-0.2, -0.15) is 0 Å². The van der Waals surface area contributed by atoms with E-state index in [1.807, 2.05) is 32.0 Å². The van der Waals surface area contributed by atoms with Crippen molar-refractivity contribution >= 4 is 29.0 Å². The molecule has 6 nitrogen and oxygen atoms in total. The average Bonchev–Trinajstić information content (AvgIpc) is 2.60. The Kier molecular flexibility index (Phi) is 7.11. The SMILES string of the molecule is CCCC(=O)Nc1ccc(OCC(=O)Nc2cccc(C)c2)c(C(C)=O)c1. The van der Waals surface area contributed by atoms with Gasteiger partial charge in [-0.15, -0.1) is 0 Å². The van der Waals surface area contributed by atoms with E-state index in [0.717, 1.165) is 12.0 Å². The molecule has 2 rings (SSSR count). The first-order valence-corrected chi connectivity index (χ1v) is 8.83. The molecule has 0 aliphatic rings. The predicted molar refractivity (Wildman–Crippen MR) is 105 cm³/mol. The van der Waals surface area contributed by atoms with E-state index >= 15 is 0 Å². The van der Waals surface area contributed by atoms with Crippen LogP contribution < -0.4 is 15.4 Å². The quantitative estimate of drug-likeness (QED) is 0.691. The average molecular weight is 368 g/mol. The molecule has 0 fully saturated rings. The highest BCUT2D eigenvalue weighted by atomic mass is 16.5. The van der Waals surface area contributed by atoms with Crippen molar-refractivity contribution in [1.29, 1.82) is 0 Å². The van der Waals surface area contributed by atoms with Crippen LogP contribution in [0, 0.1) is 6.92 Å². The van der Waals surface area contributed by atoms with Crippen LogP contribution in [0.5, 0.6) is 5.75 Å². The molecule has 0 saturated carbocycles. The molecular formula is C21H24N2O4. The third-order valence-corrected chi connectivity index (χ3v) is 3.78. The van der Waals surface area contributed by atoms with Gasteiger partial charge in [0.05, 0.1) is 5.56 Å². The molecule has 2 N–H and O–H groups in total. The first kappa shape index (κ1) is 20.2. The number of benzene rings is 2. The summed E-state index contributed by atoms with van der Waals surface area (Å²) in [5.41, 5.74) is 2.56. The van der Waals surface area contributed by atoms with Crippen molar-refractivity contribution in [3.63, 3.8) is 0 Å². The van der Waals surface area contributed by atoms with Crippen molar-refractivity contribution < 1.29 is 19.1 Å². The van der Waals surface area contributed by atoms with E-state index in [0.29, 0.717) is 29.1 Å². The smallest absolute Gasteiger partial charge is 0.262 e. The summed E-state index contributed by atoms with van der Waals surface area (Å²) in [6.45, 7) is 5.04. The number of carbonyl (C=O) groups is 3. The van der Waals surface area contributed by atoms with Gasteiger partial charge in [-0.05, 0) is 56.2 Å². The number of ether oxygens (including phenoxy) is 1. The molecule has 0 spiro atoms. The van der Waals surface area contributed by atoms with Crippen molar-refractivity contribution in [3.8, 4) is 5.75 Å². The molecule has 142 valence electrons. The topological polar surface area (TPSA) is 84.5 Å². The first-order chi connectivity index (χ1) is 12.9. The number of amides is 2. The molecule has 0 heterocycles. The van der Waals surface area contributed by atoms with Crippen LogP contribution in [0.2, 0.25) is 0 Å². The summed E-state index contributed by atoms with van der Waals surface area (Å²) in [5.74, 6) is -0.348. The zero-order chi connectivity index (χ0) is 19.8. The lowest BCUT2D eigenvalue weighted by molar-refractivity contribution is -0.118. The maximum absolute atomic E-state index is 12.1. The Hall–Kier alpha value is -3.15. The number of anilines is 2. The lowest BCUT2D eigenvalue weighted by Gasteiger charge is -2.12. The Labute approximate surface area is 158 Å². The number of aryl methyl sites for hydroxylation is 1. The Morgan fingerprint density at radius 3 is 2.33 bits per heavy atom. The number of carbonyl (C=O) groups excluding carboxylic acids is 3. The summed E-state index contributed by atoms with van der Waals surface area (Å²) in [6, 6.07) is 12.2. The fourth-order valence-electron chi connectivity index (χ4n) is 2.52. The molecule has 2 amide bonds. The van der Waals surface area contributed by atoms with Crippen LogP contribution in [-0.2, 0) is 9.59 Å². The van der Waals surface area contributed by atoms with Gasteiger partial charge in [0.1, 0.15) is 5.75 Å². The molecule has 0 bridgehead atoms. The number of nitrogens with one attached hydrogen (secondary N) is 2. The molecular weight excluding hydrogens is 344 g/mol. The monoisotopic (exact) mass is 368 g/mol. The van der Waals surface area contributed by atoms with E-state index in [1.165, 1.54) is 6.92 Å². The highest BCUT2D eigenvalue weighted by Gasteiger charge is 2.13. The van der Waals surface area contributed by atoms with Crippen LogP contribution in [0.25, 0.3) is 0 Å². The van der Waals surface area contributed by atoms with Gasteiger partial charge in [0, 0.05) is 17.8 Å². The van der Waals surface area contributed by atoms with Crippen molar-refractivity contribution in [2.24, 2.45) is 0 Å². The highest BCUT2D eigenvalue weighted by molar-refractivity contribution is 5.99. The molecule has 2 aromatic carbocycles. The van der Waals surface area contributed by atoms with Gasteiger partial charge in [0.2, 0.25) is 5.91 Å². The fourth-order valence-corrected chi connectivity index (χ4v) is 2.52.